The number of aliphatic hydroxyl groups excluding tert-OH is 1. The van der Waals surface area contributed by atoms with Crippen LogP contribution in [0.1, 0.15) is 58.3 Å². The van der Waals surface area contributed by atoms with Crippen molar-refractivity contribution in [2.75, 3.05) is 6.54 Å². The van der Waals surface area contributed by atoms with Gasteiger partial charge in [0.15, 0.2) is 0 Å². The molecule has 1 unspecified atom stereocenters. The number of hydrogen-bond acceptors (Lipinski definition) is 2. The normalized spacial score (nSPS) is 39.2. The van der Waals surface area contributed by atoms with Crippen molar-refractivity contribution in [2.45, 2.75) is 76.5 Å². The van der Waals surface area contributed by atoms with Gasteiger partial charge in [-0.3, -0.25) is 4.90 Å². The predicted molar refractivity (Wildman–Crippen MR) is 62.9 cm³/mol. The zero-order valence-electron chi connectivity index (χ0n) is 9.99. The SMILES string of the molecule is CCC1CCCCN1[C@H]1CCCC[C@@H]1O. The van der Waals surface area contributed by atoms with E-state index in [1.165, 1.54) is 51.5 Å². The first-order chi connectivity index (χ1) is 7.33. The second-order valence-electron chi connectivity index (χ2n) is 5.21. The maximum atomic E-state index is 10.1. The predicted octanol–water partition coefficient (Wildman–Crippen LogP) is 2.55. The highest BCUT2D eigenvalue weighted by Gasteiger charge is 2.33. The number of nitrogens with zero attached hydrogens (tertiary/aromatic N) is 1. The van der Waals surface area contributed by atoms with Gasteiger partial charge in [-0.15, -0.1) is 0 Å². The van der Waals surface area contributed by atoms with E-state index in [1.54, 1.807) is 0 Å². The summed E-state index contributed by atoms with van der Waals surface area (Å²) in [4.78, 5) is 2.62. The number of aliphatic hydroxyl groups is 1. The van der Waals surface area contributed by atoms with Crippen LogP contribution in [0.3, 0.4) is 0 Å². The third kappa shape index (κ3) is 2.54. The number of hydrogen-bond donors (Lipinski definition) is 1. The first kappa shape index (κ1) is 11.4. The summed E-state index contributed by atoms with van der Waals surface area (Å²) in [5.41, 5.74) is 0. The number of rotatable bonds is 2. The molecule has 0 spiro atoms. The molecule has 2 nitrogen and oxygen atoms in total. The molecule has 0 aromatic rings. The standard InChI is InChI=1S/C13H25NO/c1-2-11-7-5-6-10-14(11)12-8-3-4-9-13(12)15/h11-13,15H,2-10H2,1H3/t11?,12-,13-/m0/s1. The van der Waals surface area contributed by atoms with Gasteiger partial charge in [0.25, 0.3) is 0 Å². The summed E-state index contributed by atoms with van der Waals surface area (Å²) in [6.07, 6.45) is 10.1. The van der Waals surface area contributed by atoms with E-state index in [-0.39, 0.29) is 6.10 Å². The van der Waals surface area contributed by atoms with Crippen LogP contribution in [0, 0.1) is 0 Å². The molecule has 2 fully saturated rings. The van der Waals surface area contributed by atoms with E-state index in [0.29, 0.717) is 6.04 Å². The average Bonchev–Trinajstić information content (AvgIpc) is 2.30. The van der Waals surface area contributed by atoms with E-state index in [0.717, 1.165) is 12.5 Å². The molecule has 1 saturated heterocycles. The van der Waals surface area contributed by atoms with Crippen LogP contribution in [0.5, 0.6) is 0 Å². The van der Waals surface area contributed by atoms with E-state index >= 15 is 0 Å². The van der Waals surface area contributed by atoms with Gasteiger partial charge >= 0.3 is 0 Å². The van der Waals surface area contributed by atoms with E-state index < -0.39 is 0 Å². The minimum atomic E-state index is -0.0501. The molecule has 2 rings (SSSR count). The van der Waals surface area contributed by atoms with Crippen LogP contribution in [0.25, 0.3) is 0 Å². The summed E-state index contributed by atoms with van der Waals surface area (Å²) >= 11 is 0. The molecule has 2 heteroatoms. The lowest BCUT2D eigenvalue weighted by Crippen LogP contribution is -2.52. The smallest absolute Gasteiger partial charge is 0.0695 e. The Kier molecular flexibility index (Phi) is 4.04. The molecular weight excluding hydrogens is 186 g/mol. The maximum absolute atomic E-state index is 10.1. The van der Waals surface area contributed by atoms with Gasteiger partial charge in [0.2, 0.25) is 0 Å². The quantitative estimate of drug-likeness (QED) is 0.759. The minimum Gasteiger partial charge on any atom is -0.391 e. The summed E-state index contributed by atoms with van der Waals surface area (Å²) in [5, 5.41) is 10.1. The van der Waals surface area contributed by atoms with E-state index in [2.05, 4.69) is 11.8 Å². The van der Waals surface area contributed by atoms with Crippen molar-refractivity contribution in [3.8, 4) is 0 Å². The van der Waals surface area contributed by atoms with Crippen molar-refractivity contribution < 1.29 is 5.11 Å². The van der Waals surface area contributed by atoms with Crippen LogP contribution in [0.15, 0.2) is 0 Å². The first-order valence-electron chi connectivity index (χ1n) is 6.76. The lowest BCUT2D eigenvalue weighted by atomic mass is 9.87. The van der Waals surface area contributed by atoms with Gasteiger partial charge in [-0.2, -0.15) is 0 Å². The molecule has 0 amide bonds. The Bertz CT molecular complexity index is 195. The Morgan fingerprint density at radius 2 is 1.80 bits per heavy atom. The average molecular weight is 211 g/mol. The Morgan fingerprint density at radius 3 is 2.53 bits per heavy atom. The van der Waals surface area contributed by atoms with Gasteiger partial charge in [-0.05, 0) is 38.6 Å². The van der Waals surface area contributed by atoms with Gasteiger partial charge in [-0.1, -0.05) is 26.2 Å². The van der Waals surface area contributed by atoms with Crippen LogP contribution in [0.4, 0.5) is 0 Å². The molecule has 1 saturated carbocycles. The van der Waals surface area contributed by atoms with Crippen LogP contribution in [-0.4, -0.2) is 34.7 Å². The van der Waals surface area contributed by atoms with Crippen molar-refractivity contribution in [3.63, 3.8) is 0 Å². The third-order valence-electron chi connectivity index (χ3n) is 4.26. The molecule has 3 atom stereocenters. The summed E-state index contributed by atoms with van der Waals surface area (Å²) in [7, 11) is 0. The Morgan fingerprint density at radius 1 is 1.07 bits per heavy atom. The van der Waals surface area contributed by atoms with Gasteiger partial charge in [0.05, 0.1) is 6.10 Å². The zero-order valence-corrected chi connectivity index (χ0v) is 9.99. The van der Waals surface area contributed by atoms with Crippen molar-refractivity contribution >= 4 is 0 Å². The lowest BCUT2D eigenvalue weighted by molar-refractivity contribution is -0.0157. The zero-order chi connectivity index (χ0) is 10.7. The fourth-order valence-corrected chi connectivity index (χ4v) is 3.38. The molecule has 0 radical (unpaired) electrons. The van der Waals surface area contributed by atoms with Crippen LogP contribution < -0.4 is 0 Å². The second kappa shape index (κ2) is 5.31. The molecule has 0 aromatic heterocycles. The van der Waals surface area contributed by atoms with E-state index in [9.17, 15) is 5.11 Å². The number of likely N-dealkylation sites (tertiary alicyclic amines) is 1. The molecular formula is C13H25NO. The van der Waals surface area contributed by atoms with E-state index in [1.807, 2.05) is 0 Å². The molecule has 0 aromatic carbocycles. The number of piperidine rings is 1. The molecule has 1 aliphatic heterocycles. The van der Waals surface area contributed by atoms with Crippen molar-refractivity contribution in [1.29, 1.82) is 0 Å². The lowest BCUT2D eigenvalue weighted by Gasteiger charge is -2.44. The van der Waals surface area contributed by atoms with Gasteiger partial charge in [0, 0.05) is 12.1 Å². The fourth-order valence-electron chi connectivity index (χ4n) is 3.38. The summed E-state index contributed by atoms with van der Waals surface area (Å²) in [6.45, 7) is 3.51. The van der Waals surface area contributed by atoms with Crippen molar-refractivity contribution in [2.24, 2.45) is 0 Å². The second-order valence-corrected chi connectivity index (χ2v) is 5.21. The molecule has 1 heterocycles. The summed E-state index contributed by atoms with van der Waals surface area (Å²) < 4.78 is 0. The molecule has 88 valence electrons. The maximum Gasteiger partial charge on any atom is 0.0695 e. The van der Waals surface area contributed by atoms with Gasteiger partial charge in [0.1, 0.15) is 0 Å². The summed E-state index contributed by atoms with van der Waals surface area (Å²) in [5.74, 6) is 0. The van der Waals surface area contributed by atoms with Crippen LogP contribution >= 0.6 is 0 Å². The topological polar surface area (TPSA) is 23.5 Å². The molecule has 15 heavy (non-hydrogen) atoms. The highest BCUT2D eigenvalue weighted by Crippen LogP contribution is 2.29. The van der Waals surface area contributed by atoms with Gasteiger partial charge < -0.3 is 5.11 Å². The Balaban J connectivity index is 1.99. The molecule has 1 aliphatic carbocycles. The highest BCUT2D eigenvalue weighted by molar-refractivity contribution is 4.88. The van der Waals surface area contributed by atoms with Crippen LogP contribution in [-0.2, 0) is 0 Å². The van der Waals surface area contributed by atoms with Crippen molar-refractivity contribution in [3.05, 3.63) is 0 Å². The molecule has 0 bridgehead atoms. The Labute approximate surface area is 93.7 Å². The van der Waals surface area contributed by atoms with E-state index in [4.69, 9.17) is 0 Å². The van der Waals surface area contributed by atoms with Gasteiger partial charge in [-0.25, -0.2) is 0 Å². The highest BCUT2D eigenvalue weighted by atomic mass is 16.3. The molecule has 2 aliphatic rings. The first-order valence-corrected chi connectivity index (χ1v) is 6.76. The minimum absolute atomic E-state index is 0.0501. The summed E-state index contributed by atoms with van der Waals surface area (Å²) in [6, 6.07) is 1.22. The molecule has 1 N–H and O–H groups in total. The van der Waals surface area contributed by atoms with Crippen molar-refractivity contribution in [1.82, 2.24) is 4.90 Å². The van der Waals surface area contributed by atoms with Crippen LogP contribution in [0.2, 0.25) is 0 Å². The monoisotopic (exact) mass is 211 g/mol. The Hall–Kier alpha value is -0.0800. The largest absolute Gasteiger partial charge is 0.391 e. The third-order valence-corrected chi connectivity index (χ3v) is 4.26. The fraction of sp³-hybridized carbons (Fsp3) is 1.00.